The van der Waals surface area contributed by atoms with Gasteiger partial charge in [0.25, 0.3) is 0 Å². The second-order valence-corrected chi connectivity index (χ2v) is 5.66. The highest BCUT2D eigenvalue weighted by Gasteiger charge is 2.08. The summed E-state index contributed by atoms with van der Waals surface area (Å²) in [6.45, 7) is 4.19. The van der Waals surface area contributed by atoms with Crippen LogP contribution in [-0.4, -0.2) is 12.5 Å². The standard InChI is InChI=1S/C16H16Cl2N2O/c1-10-6-11(2)8-12(7-10)19-9-15(21)20-14-5-3-4-13(17)16(14)18/h3-8,19H,9H2,1-2H3,(H,20,21). The van der Waals surface area contributed by atoms with Crippen LogP contribution in [0.3, 0.4) is 0 Å². The Morgan fingerprint density at radius 2 is 1.76 bits per heavy atom. The second kappa shape index (κ2) is 6.83. The van der Waals surface area contributed by atoms with E-state index in [4.69, 9.17) is 23.2 Å². The van der Waals surface area contributed by atoms with Crippen molar-refractivity contribution in [1.29, 1.82) is 0 Å². The highest BCUT2D eigenvalue weighted by molar-refractivity contribution is 6.44. The molecule has 0 fully saturated rings. The largest absolute Gasteiger partial charge is 0.376 e. The van der Waals surface area contributed by atoms with Crippen molar-refractivity contribution < 1.29 is 4.79 Å². The Bertz CT molecular complexity index is 651. The molecule has 1 amide bonds. The molecule has 0 radical (unpaired) electrons. The highest BCUT2D eigenvalue weighted by Crippen LogP contribution is 2.29. The summed E-state index contributed by atoms with van der Waals surface area (Å²) < 4.78 is 0. The molecule has 0 bridgehead atoms. The van der Waals surface area contributed by atoms with Crippen LogP contribution in [0.25, 0.3) is 0 Å². The van der Waals surface area contributed by atoms with Crippen LogP contribution in [0.5, 0.6) is 0 Å². The first-order chi connectivity index (χ1) is 9.95. The first kappa shape index (κ1) is 15.7. The van der Waals surface area contributed by atoms with Crippen LogP contribution in [0.2, 0.25) is 10.0 Å². The third-order valence-corrected chi connectivity index (χ3v) is 3.72. The van der Waals surface area contributed by atoms with Gasteiger partial charge in [0.15, 0.2) is 0 Å². The zero-order valence-corrected chi connectivity index (χ0v) is 13.3. The average molecular weight is 323 g/mol. The molecule has 2 aromatic carbocycles. The third kappa shape index (κ3) is 4.38. The summed E-state index contributed by atoms with van der Waals surface area (Å²) in [5.41, 5.74) is 3.72. The monoisotopic (exact) mass is 322 g/mol. The second-order valence-electron chi connectivity index (χ2n) is 4.88. The van der Waals surface area contributed by atoms with Gasteiger partial charge in [-0.3, -0.25) is 4.79 Å². The SMILES string of the molecule is Cc1cc(C)cc(NCC(=O)Nc2cccc(Cl)c2Cl)c1. The maximum atomic E-state index is 11.9. The van der Waals surface area contributed by atoms with Crippen molar-refractivity contribution in [3.05, 3.63) is 57.6 Å². The van der Waals surface area contributed by atoms with Gasteiger partial charge >= 0.3 is 0 Å². The van der Waals surface area contributed by atoms with Gasteiger partial charge < -0.3 is 10.6 Å². The zero-order chi connectivity index (χ0) is 15.4. The third-order valence-electron chi connectivity index (χ3n) is 2.90. The van der Waals surface area contributed by atoms with E-state index in [2.05, 4.69) is 16.7 Å². The summed E-state index contributed by atoms with van der Waals surface area (Å²) in [6.07, 6.45) is 0. The molecule has 0 spiro atoms. The van der Waals surface area contributed by atoms with Gasteiger partial charge in [0.05, 0.1) is 22.3 Å². The number of amides is 1. The van der Waals surface area contributed by atoms with Gasteiger partial charge in [-0.05, 0) is 49.2 Å². The molecule has 0 aromatic heterocycles. The number of benzene rings is 2. The van der Waals surface area contributed by atoms with Crippen molar-refractivity contribution in [2.24, 2.45) is 0 Å². The molecule has 0 aliphatic rings. The van der Waals surface area contributed by atoms with E-state index in [0.717, 1.165) is 16.8 Å². The Labute approximate surface area is 134 Å². The minimum absolute atomic E-state index is 0.158. The average Bonchev–Trinajstić information content (AvgIpc) is 2.41. The summed E-state index contributed by atoms with van der Waals surface area (Å²) in [7, 11) is 0. The topological polar surface area (TPSA) is 41.1 Å². The zero-order valence-electron chi connectivity index (χ0n) is 11.8. The fourth-order valence-electron chi connectivity index (χ4n) is 2.05. The van der Waals surface area contributed by atoms with E-state index in [1.165, 1.54) is 0 Å². The number of hydrogen-bond acceptors (Lipinski definition) is 2. The highest BCUT2D eigenvalue weighted by atomic mass is 35.5. The molecule has 2 aromatic rings. The van der Waals surface area contributed by atoms with Crippen molar-refractivity contribution in [1.82, 2.24) is 0 Å². The number of carbonyl (C=O) groups excluding carboxylic acids is 1. The van der Waals surface area contributed by atoms with Gasteiger partial charge in [0.2, 0.25) is 5.91 Å². The fourth-order valence-corrected chi connectivity index (χ4v) is 2.40. The molecule has 0 saturated heterocycles. The van der Waals surface area contributed by atoms with Crippen molar-refractivity contribution in [2.45, 2.75) is 13.8 Å². The van der Waals surface area contributed by atoms with Gasteiger partial charge in [-0.15, -0.1) is 0 Å². The van der Waals surface area contributed by atoms with Crippen LogP contribution in [0.1, 0.15) is 11.1 Å². The number of halogens is 2. The molecular formula is C16H16Cl2N2O. The normalized spacial score (nSPS) is 10.3. The van der Waals surface area contributed by atoms with Gasteiger partial charge in [-0.25, -0.2) is 0 Å². The van der Waals surface area contributed by atoms with Crippen molar-refractivity contribution >= 4 is 40.5 Å². The molecule has 0 aliphatic heterocycles. The van der Waals surface area contributed by atoms with E-state index in [1.807, 2.05) is 26.0 Å². The lowest BCUT2D eigenvalue weighted by Gasteiger charge is -2.10. The molecule has 0 unspecified atom stereocenters. The quantitative estimate of drug-likeness (QED) is 0.859. The van der Waals surface area contributed by atoms with Crippen LogP contribution >= 0.6 is 23.2 Å². The fraction of sp³-hybridized carbons (Fsp3) is 0.188. The number of nitrogens with one attached hydrogen (secondary N) is 2. The maximum Gasteiger partial charge on any atom is 0.243 e. The number of aryl methyl sites for hydroxylation is 2. The molecule has 5 heteroatoms. The summed E-state index contributed by atoms with van der Waals surface area (Å²) in [6, 6.07) is 11.2. The minimum Gasteiger partial charge on any atom is -0.376 e. The van der Waals surface area contributed by atoms with Crippen molar-refractivity contribution in [3.8, 4) is 0 Å². The predicted octanol–water partition coefficient (Wildman–Crippen LogP) is 4.66. The van der Waals surface area contributed by atoms with E-state index in [-0.39, 0.29) is 12.5 Å². The molecule has 3 nitrogen and oxygen atoms in total. The summed E-state index contributed by atoms with van der Waals surface area (Å²) in [5, 5.41) is 6.58. The Kier molecular flexibility index (Phi) is 5.10. The molecule has 0 atom stereocenters. The van der Waals surface area contributed by atoms with E-state index in [0.29, 0.717) is 15.7 Å². The van der Waals surface area contributed by atoms with Crippen LogP contribution in [0, 0.1) is 13.8 Å². The lowest BCUT2D eigenvalue weighted by Crippen LogP contribution is -2.22. The summed E-state index contributed by atoms with van der Waals surface area (Å²) >= 11 is 11.9. The predicted molar refractivity (Wildman–Crippen MR) is 89.5 cm³/mol. The Hall–Kier alpha value is -1.71. The Morgan fingerprint density at radius 3 is 2.43 bits per heavy atom. The van der Waals surface area contributed by atoms with Gasteiger partial charge in [-0.2, -0.15) is 0 Å². The van der Waals surface area contributed by atoms with E-state index < -0.39 is 0 Å². The molecule has 110 valence electrons. The maximum absolute atomic E-state index is 11.9. The summed E-state index contributed by atoms with van der Waals surface area (Å²) in [4.78, 5) is 11.9. The molecule has 2 N–H and O–H groups in total. The first-order valence-corrected chi connectivity index (χ1v) is 7.27. The van der Waals surface area contributed by atoms with Crippen molar-refractivity contribution in [2.75, 3.05) is 17.2 Å². The van der Waals surface area contributed by atoms with Crippen LogP contribution in [0.4, 0.5) is 11.4 Å². The molecule has 0 saturated carbocycles. The lowest BCUT2D eigenvalue weighted by atomic mass is 10.1. The number of carbonyl (C=O) groups is 1. The van der Waals surface area contributed by atoms with E-state index in [1.54, 1.807) is 18.2 Å². The molecule has 0 aliphatic carbocycles. The van der Waals surface area contributed by atoms with E-state index in [9.17, 15) is 4.79 Å². The Morgan fingerprint density at radius 1 is 1.10 bits per heavy atom. The smallest absolute Gasteiger partial charge is 0.243 e. The lowest BCUT2D eigenvalue weighted by molar-refractivity contribution is -0.114. The summed E-state index contributed by atoms with van der Waals surface area (Å²) in [5.74, 6) is -0.182. The van der Waals surface area contributed by atoms with Crippen LogP contribution in [-0.2, 0) is 4.79 Å². The number of hydrogen-bond donors (Lipinski definition) is 2. The van der Waals surface area contributed by atoms with Crippen LogP contribution in [0.15, 0.2) is 36.4 Å². The molecule has 2 rings (SSSR count). The van der Waals surface area contributed by atoms with Gasteiger partial charge in [-0.1, -0.05) is 35.3 Å². The van der Waals surface area contributed by atoms with Gasteiger partial charge in [0.1, 0.15) is 0 Å². The Balaban J connectivity index is 1.97. The molecular weight excluding hydrogens is 307 g/mol. The minimum atomic E-state index is -0.182. The molecule has 0 heterocycles. The number of rotatable bonds is 4. The van der Waals surface area contributed by atoms with E-state index >= 15 is 0 Å². The van der Waals surface area contributed by atoms with Crippen molar-refractivity contribution in [3.63, 3.8) is 0 Å². The molecule has 21 heavy (non-hydrogen) atoms. The number of anilines is 2. The van der Waals surface area contributed by atoms with Gasteiger partial charge in [0, 0.05) is 5.69 Å². The van der Waals surface area contributed by atoms with Crippen LogP contribution < -0.4 is 10.6 Å². The first-order valence-electron chi connectivity index (χ1n) is 6.52.